The Morgan fingerprint density at radius 2 is 2.22 bits per heavy atom. The van der Waals surface area contributed by atoms with Crippen LogP contribution >= 0.6 is 0 Å². The molecule has 0 radical (unpaired) electrons. The molecule has 100 valence electrons. The van der Waals surface area contributed by atoms with Crippen molar-refractivity contribution in [3.8, 4) is 0 Å². The van der Waals surface area contributed by atoms with Crippen molar-refractivity contribution in [3.05, 3.63) is 23.8 Å². The molecule has 0 aliphatic carbocycles. The van der Waals surface area contributed by atoms with E-state index in [2.05, 4.69) is 15.3 Å². The molecular weight excluding hydrogens is 234 g/mol. The maximum atomic E-state index is 11.0. The van der Waals surface area contributed by atoms with Crippen LogP contribution in [0.1, 0.15) is 36.3 Å². The van der Waals surface area contributed by atoms with Crippen LogP contribution in [-0.4, -0.2) is 38.8 Å². The van der Waals surface area contributed by atoms with Crippen molar-refractivity contribution < 1.29 is 15.0 Å². The molecule has 1 heterocycles. The van der Waals surface area contributed by atoms with Crippen molar-refractivity contribution in [2.24, 2.45) is 5.92 Å². The summed E-state index contributed by atoms with van der Waals surface area (Å²) in [6.45, 7) is 4.55. The van der Waals surface area contributed by atoms with E-state index in [1.165, 1.54) is 12.5 Å². The predicted octanol–water partition coefficient (Wildman–Crippen LogP) is 0.671. The number of carboxylic acid groups (broad SMARTS) is 1. The van der Waals surface area contributed by atoms with Crippen molar-refractivity contribution in [2.45, 2.75) is 32.9 Å². The minimum atomic E-state index is -1.03. The summed E-state index contributed by atoms with van der Waals surface area (Å²) in [6.07, 6.45) is 3.26. The van der Waals surface area contributed by atoms with Gasteiger partial charge in [0.25, 0.3) is 0 Å². The van der Waals surface area contributed by atoms with Crippen molar-refractivity contribution in [1.29, 1.82) is 0 Å². The Morgan fingerprint density at radius 3 is 2.78 bits per heavy atom. The molecule has 0 amide bonds. The fourth-order valence-electron chi connectivity index (χ4n) is 1.71. The normalized spacial score (nSPS) is 12.7. The van der Waals surface area contributed by atoms with Gasteiger partial charge in [-0.05, 0) is 12.3 Å². The number of hydrogen-bond acceptors (Lipinski definition) is 5. The molecule has 0 fully saturated rings. The first-order valence-corrected chi connectivity index (χ1v) is 5.92. The van der Waals surface area contributed by atoms with Crippen LogP contribution in [0.3, 0.4) is 0 Å². The lowest BCUT2D eigenvalue weighted by Gasteiger charge is -2.21. The van der Waals surface area contributed by atoms with E-state index >= 15 is 0 Å². The predicted molar refractivity (Wildman–Crippen MR) is 66.2 cm³/mol. The van der Waals surface area contributed by atoms with Gasteiger partial charge in [-0.2, -0.15) is 0 Å². The van der Waals surface area contributed by atoms with Crippen molar-refractivity contribution in [3.63, 3.8) is 0 Å². The van der Waals surface area contributed by atoms with Gasteiger partial charge in [-0.25, -0.2) is 14.8 Å². The third-order valence-electron chi connectivity index (χ3n) is 2.80. The Bertz CT molecular complexity index is 396. The average molecular weight is 253 g/mol. The monoisotopic (exact) mass is 253 g/mol. The zero-order valence-corrected chi connectivity index (χ0v) is 10.6. The Labute approximate surface area is 106 Å². The molecule has 1 aromatic heterocycles. The molecule has 1 rings (SSSR count). The smallest absolute Gasteiger partial charge is 0.339 e. The van der Waals surface area contributed by atoms with Gasteiger partial charge >= 0.3 is 5.97 Å². The minimum Gasteiger partial charge on any atom is -0.478 e. The third-order valence-corrected chi connectivity index (χ3v) is 2.80. The van der Waals surface area contributed by atoms with Crippen molar-refractivity contribution in [1.82, 2.24) is 15.3 Å². The minimum absolute atomic E-state index is 0.103. The molecule has 1 aromatic rings. The molecule has 0 aromatic carbocycles. The summed E-state index contributed by atoms with van der Waals surface area (Å²) in [5.74, 6) is -0.678. The van der Waals surface area contributed by atoms with E-state index in [9.17, 15) is 4.79 Å². The van der Waals surface area contributed by atoms with Gasteiger partial charge in [-0.1, -0.05) is 13.8 Å². The molecule has 1 unspecified atom stereocenters. The summed E-state index contributed by atoms with van der Waals surface area (Å²) in [6, 6.07) is 0.131. The van der Waals surface area contributed by atoms with Crippen molar-refractivity contribution in [2.75, 3.05) is 6.61 Å². The van der Waals surface area contributed by atoms with Gasteiger partial charge in [-0.15, -0.1) is 0 Å². The fourth-order valence-corrected chi connectivity index (χ4v) is 1.71. The Balaban J connectivity index is 2.70. The van der Waals surface area contributed by atoms with Gasteiger partial charge in [0.1, 0.15) is 11.9 Å². The summed E-state index contributed by atoms with van der Waals surface area (Å²) in [4.78, 5) is 18.7. The largest absolute Gasteiger partial charge is 0.478 e. The van der Waals surface area contributed by atoms with Crippen LogP contribution in [0.15, 0.2) is 12.5 Å². The maximum absolute atomic E-state index is 11.0. The lowest BCUT2D eigenvalue weighted by molar-refractivity contribution is 0.0694. The zero-order valence-electron chi connectivity index (χ0n) is 10.6. The van der Waals surface area contributed by atoms with Crippen molar-refractivity contribution >= 4 is 5.97 Å². The lowest BCUT2D eigenvalue weighted by Crippen LogP contribution is -2.35. The molecule has 0 aliphatic heterocycles. The second kappa shape index (κ2) is 7.03. The highest BCUT2D eigenvalue weighted by Crippen LogP contribution is 2.08. The Morgan fingerprint density at radius 1 is 1.50 bits per heavy atom. The molecule has 6 nitrogen and oxygen atoms in total. The highest BCUT2D eigenvalue weighted by atomic mass is 16.4. The van der Waals surface area contributed by atoms with Gasteiger partial charge in [0.2, 0.25) is 0 Å². The number of aliphatic hydroxyl groups excluding tert-OH is 1. The Hall–Kier alpha value is -1.53. The van der Waals surface area contributed by atoms with Crippen LogP contribution in [0.25, 0.3) is 0 Å². The standard InChI is InChI=1S/C12H19N3O3/c1-8(2)10(3-4-16)14-6-11-9(12(17)18)5-13-7-15-11/h5,7-8,10,14,16H,3-4,6H2,1-2H3,(H,17,18). The highest BCUT2D eigenvalue weighted by Gasteiger charge is 2.15. The number of aliphatic hydroxyl groups is 1. The van der Waals surface area contributed by atoms with Gasteiger partial charge in [0, 0.05) is 25.4 Å². The number of rotatable bonds is 7. The van der Waals surface area contributed by atoms with E-state index in [0.717, 1.165) is 0 Å². The molecule has 0 aliphatic rings. The number of aromatic carboxylic acids is 1. The first kappa shape index (κ1) is 14.5. The summed E-state index contributed by atoms with van der Waals surface area (Å²) in [7, 11) is 0. The van der Waals surface area contributed by atoms with Gasteiger partial charge in [0.05, 0.1) is 5.69 Å². The van der Waals surface area contributed by atoms with E-state index in [1.54, 1.807) is 0 Å². The average Bonchev–Trinajstić information content (AvgIpc) is 2.34. The number of aromatic nitrogens is 2. The molecule has 18 heavy (non-hydrogen) atoms. The van der Waals surface area contributed by atoms with Gasteiger partial charge < -0.3 is 15.5 Å². The first-order valence-electron chi connectivity index (χ1n) is 5.92. The van der Waals surface area contributed by atoms with Gasteiger partial charge in [-0.3, -0.25) is 0 Å². The molecule has 0 spiro atoms. The summed E-state index contributed by atoms with van der Waals surface area (Å²) in [5, 5.41) is 21.2. The molecule has 1 atom stereocenters. The number of carboxylic acids is 1. The summed E-state index contributed by atoms with van der Waals surface area (Å²) in [5.41, 5.74) is 0.567. The second-order valence-electron chi connectivity index (χ2n) is 4.43. The number of nitrogens with zero attached hydrogens (tertiary/aromatic N) is 2. The topological polar surface area (TPSA) is 95.3 Å². The first-order chi connectivity index (χ1) is 8.56. The van der Waals surface area contributed by atoms with E-state index in [4.69, 9.17) is 10.2 Å². The van der Waals surface area contributed by atoms with Crippen LogP contribution < -0.4 is 5.32 Å². The molecule has 0 saturated carbocycles. The lowest BCUT2D eigenvalue weighted by atomic mass is 10.0. The Kier molecular flexibility index (Phi) is 5.67. The maximum Gasteiger partial charge on any atom is 0.339 e. The highest BCUT2D eigenvalue weighted by molar-refractivity contribution is 5.88. The fraction of sp³-hybridized carbons (Fsp3) is 0.583. The van der Waals surface area contributed by atoms with Crippen LogP contribution in [-0.2, 0) is 6.54 Å². The molecular formula is C12H19N3O3. The van der Waals surface area contributed by atoms with Crippen LogP contribution in [0.5, 0.6) is 0 Å². The third kappa shape index (κ3) is 4.05. The number of nitrogens with one attached hydrogen (secondary N) is 1. The van der Waals surface area contributed by atoms with Crippen LogP contribution in [0.2, 0.25) is 0 Å². The zero-order chi connectivity index (χ0) is 13.5. The quantitative estimate of drug-likeness (QED) is 0.661. The molecule has 0 bridgehead atoms. The number of carbonyl (C=O) groups is 1. The van der Waals surface area contributed by atoms with Gasteiger partial charge in [0.15, 0.2) is 0 Å². The van der Waals surface area contributed by atoms with E-state index < -0.39 is 5.97 Å². The van der Waals surface area contributed by atoms with E-state index in [-0.39, 0.29) is 18.2 Å². The van der Waals surface area contributed by atoms with Crippen LogP contribution in [0, 0.1) is 5.92 Å². The molecule has 6 heteroatoms. The van der Waals surface area contributed by atoms with E-state index in [1.807, 2.05) is 13.8 Å². The van der Waals surface area contributed by atoms with Crippen LogP contribution in [0.4, 0.5) is 0 Å². The number of hydrogen-bond donors (Lipinski definition) is 3. The molecule has 3 N–H and O–H groups in total. The molecule has 0 saturated heterocycles. The summed E-state index contributed by atoms with van der Waals surface area (Å²) >= 11 is 0. The SMILES string of the molecule is CC(C)C(CCO)NCc1ncncc1C(=O)O. The summed E-state index contributed by atoms with van der Waals surface area (Å²) < 4.78 is 0. The second-order valence-corrected chi connectivity index (χ2v) is 4.43. The van der Waals surface area contributed by atoms with E-state index in [0.29, 0.717) is 24.6 Å².